The van der Waals surface area contributed by atoms with Crippen LogP contribution in [0.3, 0.4) is 0 Å². The fraction of sp³-hybridized carbons (Fsp3) is 1.00. The molecule has 0 aromatic heterocycles. The zero-order chi connectivity index (χ0) is 7.73. The van der Waals surface area contributed by atoms with E-state index in [2.05, 4.69) is 5.32 Å². The third kappa shape index (κ3) is 1.18. The second-order valence-electron chi connectivity index (χ2n) is 4.10. The molecule has 2 heteroatoms. The Hall–Kier alpha value is -0.0800. The molecule has 0 aromatic rings. The lowest BCUT2D eigenvalue weighted by atomic mass is 9.72. The lowest BCUT2D eigenvalue weighted by Crippen LogP contribution is -2.45. The summed E-state index contributed by atoms with van der Waals surface area (Å²) in [6, 6.07) is 0. The van der Waals surface area contributed by atoms with Gasteiger partial charge in [0.1, 0.15) is 0 Å². The molecule has 1 aliphatic heterocycles. The van der Waals surface area contributed by atoms with Gasteiger partial charge in [-0.05, 0) is 31.2 Å². The van der Waals surface area contributed by atoms with Crippen molar-refractivity contribution in [2.45, 2.75) is 44.7 Å². The van der Waals surface area contributed by atoms with E-state index in [9.17, 15) is 0 Å². The van der Waals surface area contributed by atoms with Crippen LogP contribution in [0.2, 0.25) is 0 Å². The van der Waals surface area contributed by atoms with Gasteiger partial charge in [-0.3, -0.25) is 0 Å². The number of rotatable bonds is 0. The van der Waals surface area contributed by atoms with Crippen molar-refractivity contribution in [1.29, 1.82) is 0 Å². The number of nitrogens with two attached hydrogens (primary N) is 1. The molecule has 1 atom stereocenters. The van der Waals surface area contributed by atoms with Gasteiger partial charge in [-0.25, -0.2) is 0 Å². The maximum absolute atomic E-state index is 6.03. The predicted molar refractivity (Wildman–Crippen MR) is 46.1 cm³/mol. The Morgan fingerprint density at radius 2 is 1.82 bits per heavy atom. The first-order valence-electron chi connectivity index (χ1n) is 4.82. The Balaban J connectivity index is 2.06. The smallest absolute Gasteiger partial charge is 0.0604 e. The maximum Gasteiger partial charge on any atom is 0.0604 e. The molecule has 1 saturated carbocycles. The molecule has 1 unspecified atom stereocenters. The van der Waals surface area contributed by atoms with Gasteiger partial charge < -0.3 is 11.1 Å². The summed E-state index contributed by atoms with van der Waals surface area (Å²) in [5.41, 5.74) is 6.53. The zero-order valence-electron chi connectivity index (χ0n) is 7.10. The third-order valence-electron chi connectivity index (χ3n) is 3.50. The van der Waals surface area contributed by atoms with Crippen LogP contribution in [0, 0.1) is 5.41 Å². The Morgan fingerprint density at radius 3 is 2.36 bits per heavy atom. The molecular weight excluding hydrogens is 136 g/mol. The van der Waals surface area contributed by atoms with Crippen LogP contribution < -0.4 is 11.1 Å². The Morgan fingerprint density at radius 1 is 1.09 bits per heavy atom. The first kappa shape index (κ1) is 7.56. The van der Waals surface area contributed by atoms with Gasteiger partial charge in [0, 0.05) is 0 Å². The van der Waals surface area contributed by atoms with Gasteiger partial charge in [-0.15, -0.1) is 0 Å². The lowest BCUT2D eigenvalue weighted by Gasteiger charge is -2.36. The fourth-order valence-electron chi connectivity index (χ4n) is 2.67. The Bertz CT molecular complexity index is 138. The van der Waals surface area contributed by atoms with E-state index in [4.69, 9.17) is 5.73 Å². The summed E-state index contributed by atoms with van der Waals surface area (Å²) in [6.45, 7) is 1.14. The van der Waals surface area contributed by atoms with Crippen LogP contribution in [0.25, 0.3) is 0 Å². The molecule has 1 saturated heterocycles. The van der Waals surface area contributed by atoms with Gasteiger partial charge in [0.25, 0.3) is 0 Å². The quantitative estimate of drug-likeness (QED) is 0.550. The van der Waals surface area contributed by atoms with E-state index < -0.39 is 0 Å². The summed E-state index contributed by atoms with van der Waals surface area (Å²) < 4.78 is 0. The number of hydrogen-bond acceptors (Lipinski definition) is 2. The van der Waals surface area contributed by atoms with Crippen molar-refractivity contribution in [2.24, 2.45) is 11.1 Å². The molecule has 0 bridgehead atoms. The van der Waals surface area contributed by atoms with Crippen molar-refractivity contribution >= 4 is 0 Å². The van der Waals surface area contributed by atoms with E-state index in [0.29, 0.717) is 11.6 Å². The van der Waals surface area contributed by atoms with Gasteiger partial charge >= 0.3 is 0 Å². The summed E-state index contributed by atoms with van der Waals surface area (Å²) in [4.78, 5) is 0. The van der Waals surface area contributed by atoms with E-state index in [1.54, 1.807) is 0 Å². The molecule has 3 N–H and O–H groups in total. The van der Waals surface area contributed by atoms with Gasteiger partial charge in [-0.1, -0.05) is 19.3 Å². The van der Waals surface area contributed by atoms with Crippen LogP contribution in [-0.4, -0.2) is 12.7 Å². The Labute approximate surface area is 68.5 Å². The molecule has 2 rings (SSSR count). The van der Waals surface area contributed by atoms with Crippen LogP contribution in [0.1, 0.15) is 38.5 Å². The average molecular weight is 154 g/mol. The minimum Gasteiger partial charge on any atom is -0.315 e. The van der Waals surface area contributed by atoms with Crippen molar-refractivity contribution in [3.63, 3.8) is 0 Å². The average Bonchev–Trinajstić information content (AvgIpc) is 2.36. The van der Waals surface area contributed by atoms with Crippen LogP contribution in [0.15, 0.2) is 0 Å². The molecular formula is C9H18N2. The molecule has 11 heavy (non-hydrogen) atoms. The lowest BCUT2D eigenvalue weighted by molar-refractivity contribution is 0.167. The van der Waals surface area contributed by atoms with Gasteiger partial charge in [0.2, 0.25) is 0 Å². The van der Waals surface area contributed by atoms with Crippen LogP contribution in [0.4, 0.5) is 0 Å². The topological polar surface area (TPSA) is 38.0 Å². The van der Waals surface area contributed by atoms with E-state index in [1.807, 2.05) is 0 Å². The highest BCUT2D eigenvalue weighted by Gasteiger charge is 2.40. The van der Waals surface area contributed by atoms with Gasteiger partial charge in [-0.2, -0.15) is 0 Å². The molecule has 2 nitrogen and oxygen atoms in total. The summed E-state index contributed by atoms with van der Waals surface area (Å²) in [6.07, 6.45) is 8.55. The molecule has 64 valence electrons. The molecule has 2 fully saturated rings. The van der Waals surface area contributed by atoms with E-state index >= 15 is 0 Å². The first-order valence-corrected chi connectivity index (χ1v) is 4.82. The Kier molecular flexibility index (Phi) is 1.90. The third-order valence-corrected chi connectivity index (χ3v) is 3.50. The minimum atomic E-state index is 0.294. The maximum atomic E-state index is 6.03. The standard InChI is InChI=1S/C9H18N2/c10-8-9(6-7-11-8)4-2-1-3-5-9/h8,11H,1-7,10H2. The van der Waals surface area contributed by atoms with Crippen molar-refractivity contribution in [3.05, 3.63) is 0 Å². The summed E-state index contributed by atoms with van der Waals surface area (Å²) in [7, 11) is 0. The fourth-order valence-corrected chi connectivity index (χ4v) is 2.67. The molecule has 0 radical (unpaired) electrons. The van der Waals surface area contributed by atoms with Crippen LogP contribution in [-0.2, 0) is 0 Å². The van der Waals surface area contributed by atoms with E-state index in [1.165, 1.54) is 38.5 Å². The second kappa shape index (κ2) is 2.76. The monoisotopic (exact) mass is 154 g/mol. The van der Waals surface area contributed by atoms with E-state index in [0.717, 1.165) is 6.54 Å². The van der Waals surface area contributed by atoms with E-state index in [-0.39, 0.29) is 0 Å². The molecule has 0 aromatic carbocycles. The van der Waals surface area contributed by atoms with Crippen molar-refractivity contribution in [1.82, 2.24) is 5.32 Å². The predicted octanol–water partition coefficient (Wildman–Crippen LogP) is 1.21. The minimum absolute atomic E-state index is 0.294. The van der Waals surface area contributed by atoms with Gasteiger partial charge in [0.15, 0.2) is 0 Å². The summed E-state index contributed by atoms with van der Waals surface area (Å²) >= 11 is 0. The highest BCUT2D eigenvalue weighted by molar-refractivity contribution is 4.95. The van der Waals surface area contributed by atoms with Gasteiger partial charge in [0.05, 0.1) is 6.17 Å². The number of nitrogens with one attached hydrogen (secondary N) is 1. The molecule has 1 heterocycles. The van der Waals surface area contributed by atoms with Crippen molar-refractivity contribution in [2.75, 3.05) is 6.54 Å². The SMILES string of the molecule is NC1NCCC12CCCCC2. The van der Waals surface area contributed by atoms with Crippen LogP contribution in [0.5, 0.6) is 0 Å². The zero-order valence-corrected chi connectivity index (χ0v) is 7.10. The van der Waals surface area contributed by atoms with Crippen molar-refractivity contribution < 1.29 is 0 Å². The van der Waals surface area contributed by atoms with Crippen molar-refractivity contribution in [3.8, 4) is 0 Å². The number of hydrogen-bond donors (Lipinski definition) is 2. The largest absolute Gasteiger partial charge is 0.315 e. The second-order valence-corrected chi connectivity index (χ2v) is 4.10. The molecule has 0 amide bonds. The first-order chi connectivity index (χ1) is 5.33. The molecule has 1 spiro atoms. The highest BCUT2D eigenvalue weighted by atomic mass is 15.1. The summed E-state index contributed by atoms with van der Waals surface area (Å²) in [5, 5.41) is 3.36. The summed E-state index contributed by atoms with van der Waals surface area (Å²) in [5.74, 6) is 0. The normalized spacial score (nSPS) is 36.3. The van der Waals surface area contributed by atoms with Crippen LogP contribution >= 0.6 is 0 Å². The molecule has 1 aliphatic carbocycles. The highest BCUT2D eigenvalue weighted by Crippen LogP contribution is 2.42. The molecule has 2 aliphatic rings.